The maximum atomic E-state index is 3.51. The molecule has 1 aliphatic heterocycles. The molecule has 3 heteroatoms. The van der Waals surface area contributed by atoms with Crippen LogP contribution in [0.3, 0.4) is 0 Å². The van der Waals surface area contributed by atoms with Gasteiger partial charge < -0.3 is 15.1 Å². The summed E-state index contributed by atoms with van der Waals surface area (Å²) in [6, 6.07) is 20.0. The number of piperazine rings is 1. The van der Waals surface area contributed by atoms with E-state index in [1.165, 1.54) is 16.9 Å². The SMILES string of the molecule is CN(C)c1ccc(N2CCNCC2c2ccccc2)cc1. The van der Waals surface area contributed by atoms with Gasteiger partial charge in [0, 0.05) is 45.1 Å². The predicted octanol–water partition coefficient (Wildman–Crippen LogP) is 2.90. The lowest BCUT2D eigenvalue weighted by molar-refractivity contribution is 0.490. The minimum atomic E-state index is 0.408. The van der Waals surface area contributed by atoms with Crippen LogP contribution in [0.25, 0.3) is 0 Å². The molecule has 3 nitrogen and oxygen atoms in total. The third-order valence-electron chi connectivity index (χ3n) is 4.13. The molecule has 1 N–H and O–H groups in total. The van der Waals surface area contributed by atoms with Gasteiger partial charge in [0.05, 0.1) is 6.04 Å². The normalized spacial score (nSPS) is 18.6. The predicted molar refractivity (Wildman–Crippen MR) is 90.2 cm³/mol. The highest BCUT2D eigenvalue weighted by Gasteiger charge is 2.23. The molecule has 0 bridgehead atoms. The summed E-state index contributed by atoms with van der Waals surface area (Å²) in [5, 5.41) is 3.51. The fraction of sp³-hybridized carbons (Fsp3) is 0.333. The van der Waals surface area contributed by atoms with E-state index < -0.39 is 0 Å². The summed E-state index contributed by atoms with van der Waals surface area (Å²) >= 11 is 0. The molecule has 0 saturated carbocycles. The summed E-state index contributed by atoms with van der Waals surface area (Å²) in [7, 11) is 4.15. The molecule has 1 aliphatic rings. The summed E-state index contributed by atoms with van der Waals surface area (Å²) in [5.74, 6) is 0. The maximum Gasteiger partial charge on any atom is 0.0667 e. The number of nitrogens with one attached hydrogen (secondary N) is 1. The van der Waals surface area contributed by atoms with Crippen LogP contribution >= 0.6 is 0 Å². The minimum Gasteiger partial charge on any atom is -0.378 e. The van der Waals surface area contributed by atoms with Crippen molar-refractivity contribution < 1.29 is 0 Å². The molecule has 2 aromatic rings. The van der Waals surface area contributed by atoms with Gasteiger partial charge in [-0.05, 0) is 29.8 Å². The molecule has 3 rings (SSSR count). The Balaban J connectivity index is 1.87. The van der Waals surface area contributed by atoms with E-state index in [0.717, 1.165) is 19.6 Å². The highest BCUT2D eigenvalue weighted by molar-refractivity contribution is 5.57. The van der Waals surface area contributed by atoms with Gasteiger partial charge in [-0.25, -0.2) is 0 Å². The lowest BCUT2D eigenvalue weighted by Crippen LogP contribution is -2.46. The lowest BCUT2D eigenvalue weighted by Gasteiger charge is -2.38. The van der Waals surface area contributed by atoms with Gasteiger partial charge in [0.1, 0.15) is 0 Å². The van der Waals surface area contributed by atoms with Gasteiger partial charge in [0.25, 0.3) is 0 Å². The molecule has 0 aromatic heterocycles. The van der Waals surface area contributed by atoms with Crippen molar-refractivity contribution in [2.75, 3.05) is 43.5 Å². The molecule has 0 amide bonds. The van der Waals surface area contributed by atoms with E-state index in [9.17, 15) is 0 Å². The fourth-order valence-corrected chi connectivity index (χ4v) is 2.93. The Bertz CT molecular complexity index is 563. The van der Waals surface area contributed by atoms with Crippen molar-refractivity contribution in [2.24, 2.45) is 0 Å². The Morgan fingerprint density at radius 3 is 2.38 bits per heavy atom. The molecule has 0 spiro atoms. The number of hydrogen-bond acceptors (Lipinski definition) is 3. The van der Waals surface area contributed by atoms with Gasteiger partial charge >= 0.3 is 0 Å². The number of anilines is 2. The molecule has 1 heterocycles. The number of benzene rings is 2. The average molecular weight is 281 g/mol. The molecule has 1 atom stereocenters. The highest BCUT2D eigenvalue weighted by Crippen LogP contribution is 2.29. The Morgan fingerprint density at radius 1 is 1.00 bits per heavy atom. The summed E-state index contributed by atoms with van der Waals surface area (Å²) in [6.45, 7) is 3.08. The van der Waals surface area contributed by atoms with Crippen LogP contribution in [-0.4, -0.2) is 33.7 Å². The Morgan fingerprint density at radius 2 is 1.71 bits per heavy atom. The van der Waals surface area contributed by atoms with Gasteiger partial charge in [-0.1, -0.05) is 30.3 Å². The molecule has 0 radical (unpaired) electrons. The standard InChI is InChI=1S/C18H23N3/c1-20(2)16-8-10-17(11-9-16)21-13-12-19-14-18(21)15-6-4-3-5-7-15/h3-11,18-19H,12-14H2,1-2H3. The molecule has 1 saturated heterocycles. The fourth-order valence-electron chi connectivity index (χ4n) is 2.93. The summed E-state index contributed by atoms with van der Waals surface area (Å²) < 4.78 is 0. The molecule has 2 aromatic carbocycles. The molecule has 1 unspecified atom stereocenters. The van der Waals surface area contributed by atoms with Crippen molar-refractivity contribution in [3.63, 3.8) is 0 Å². The Kier molecular flexibility index (Phi) is 4.11. The van der Waals surface area contributed by atoms with E-state index in [-0.39, 0.29) is 0 Å². The van der Waals surface area contributed by atoms with Crippen molar-refractivity contribution in [3.05, 3.63) is 60.2 Å². The Hall–Kier alpha value is -2.00. The van der Waals surface area contributed by atoms with Crippen LogP contribution in [0.15, 0.2) is 54.6 Å². The van der Waals surface area contributed by atoms with Crippen LogP contribution in [-0.2, 0) is 0 Å². The van der Waals surface area contributed by atoms with Crippen molar-refractivity contribution in [1.29, 1.82) is 0 Å². The van der Waals surface area contributed by atoms with Gasteiger partial charge in [0.2, 0.25) is 0 Å². The second-order valence-corrected chi connectivity index (χ2v) is 5.73. The van der Waals surface area contributed by atoms with E-state index >= 15 is 0 Å². The lowest BCUT2D eigenvalue weighted by atomic mass is 10.0. The molecule has 1 fully saturated rings. The average Bonchev–Trinajstić information content (AvgIpc) is 2.56. The highest BCUT2D eigenvalue weighted by atomic mass is 15.2. The van der Waals surface area contributed by atoms with E-state index in [2.05, 4.69) is 83.8 Å². The van der Waals surface area contributed by atoms with Gasteiger partial charge in [-0.15, -0.1) is 0 Å². The third kappa shape index (κ3) is 3.03. The molecular formula is C18H23N3. The first kappa shape index (κ1) is 14.0. The molecule has 0 aliphatic carbocycles. The monoisotopic (exact) mass is 281 g/mol. The summed E-state index contributed by atoms with van der Waals surface area (Å²) in [5.41, 5.74) is 3.92. The van der Waals surface area contributed by atoms with E-state index in [4.69, 9.17) is 0 Å². The van der Waals surface area contributed by atoms with Crippen LogP contribution in [0.2, 0.25) is 0 Å². The quantitative estimate of drug-likeness (QED) is 0.933. The van der Waals surface area contributed by atoms with E-state index in [1.807, 2.05) is 0 Å². The zero-order valence-electron chi connectivity index (χ0n) is 12.8. The van der Waals surface area contributed by atoms with E-state index in [0.29, 0.717) is 6.04 Å². The summed E-state index contributed by atoms with van der Waals surface area (Å²) in [6.07, 6.45) is 0. The zero-order valence-corrected chi connectivity index (χ0v) is 12.8. The van der Waals surface area contributed by atoms with Crippen LogP contribution in [0.5, 0.6) is 0 Å². The van der Waals surface area contributed by atoms with Crippen molar-refractivity contribution >= 4 is 11.4 Å². The molecular weight excluding hydrogens is 258 g/mol. The second-order valence-electron chi connectivity index (χ2n) is 5.73. The first-order chi connectivity index (χ1) is 10.3. The van der Waals surface area contributed by atoms with Crippen LogP contribution in [0.4, 0.5) is 11.4 Å². The smallest absolute Gasteiger partial charge is 0.0667 e. The maximum absolute atomic E-state index is 3.51. The minimum absolute atomic E-state index is 0.408. The van der Waals surface area contributed by atoms with Crippen LogP contribution in [0.1, 0.15) is 11.6 Å². The van der Waals surface area contributed by atoms with Gasteiger partial charge in [-0.3, -0.25) is 0 Å². The van der Waals surface area contributed by atoms with Gasteiger partial charge in [-0.2, -0.15) is 0 Å². The molecule has 21 heavy (non-hydrogen) atoms. The first-order valence-corrected chi connectivity index (χ1v) is 7.55. The Labute approximate surface area is 127 Å². The first-order valence-electron chi connectivity index (χ1n) is 7.55. The van der Waals surface area contributed by atoms with Crippen molar-refractivity contribution in [1.82, 2.24) is 5.32 Å². The summed E-state index contributed by atoms with van der Waals surface area (Å²) in [4.78, 5) is 4.64. The number of hydrogen-bond donors (Lipinski definition) is 1. The van der Waals surface area contributed by atoms with E-state index in [1.54, 1.807) is 0 Å². The number of nitrogens with zero attached hydrogens (tertiary/aromatic N) is 2. The third-order valence-corrected chi connectivity index (χ3v) is 4.13. The van der Waals surface area contributed by atoms with Crippen LogP contribution < -0.4 is 15.1 Å². The largest absolute Gasteiger partial charge is 0.378 e. The topological polar surface area (TPSA) is 18.5 Å². The van der Waals surface area contributed by atoms with Crippen molar-refractivity contribution in [3.8, 4) is 0 Å². The van der Waals surface area contributed by atoms with Gasteiger partial charge in [0.15, 0.2) is 0 Å². The van der Waals surface area contributed by atoms with Crippen molar-refractivity contribution in [2.45, 2.75) is 6.04 Å². The second kappa shape index (κ2) is 6.19. The zero-order chi connectivity index (χ0) is 14.7. The van der Waals surface area contributed by atoms with Crippen LogP contribution in [0, 0.1) is 0 Å². The number of rotatable bonds is 3. The molecule has 110 valence electrons.